The van der Waals surface area contributed by atoms with Gasteiger partial charge in [0.15, 0.2) is 12.0 Å². The number of nitrogens with one attached hydrogen (secondary N) is 1. The highest BCUT2D eigenvalue weighted by molar-refractivity contribution is 5.74. The number of furan rings is 1. The monoisotopic (exact) mass is 311 g/mol. The number of H-pyrrole nitrogens is 1. The van der Waals surface area contributed by atoms with Gasteiger partial charge in [-0.15, -0.1) is 0 Å². The third-order valence-corrected chi connectivity index (χ3v) is 4.58. The van der Waals surface area contributed by atoms with E-state index in [1.165, 1.54) is 10.9 Å². The van der Waals surface area contributed by atoms with E-state index in [9.17, 15) is 9.59 Å². The van der Waals surface area contributed by atoms with Crippen LogP contribution in [0.2, 0.25) is 0 Å². The van der Waals surface area contributed by atoms with Crippen molar-refractivity contribution in [3.05, 3.63) is 46.1 Å². The maximum Gasteiger partial charge on any atom is 0.278 e. The molecule has 1 aliphatic carbocycles. The van der Waals surface area contributed by atoms with Gasteiger partial charge in [-0.05, 0) is 30.9 Å². The Bertz CT molecular complexity index is 899. The summed E-state index contributed by atoms with van der Waals surface area (Å²) < 4.78 is 6.81. The van der Waals surface area contributed by atoms with E-state index >= 15 is 0 Å². The number of carbonyl (C=O) groups excluding carboxylic acids is 1. The van der Waals surface area contributed by atoms with Crippen molar-refractivity contribution in [3.63, 3.8) is 0 Å². The van der Waals surface area contributed by atoms with Crippen LogP contribution in [0.25, 0.3) is 17.1 Å². The number of rotatable bonds is 3. The van der Waals surface area contributed by atoms with E-state index in [1.807, 2.05) is 6.07 Å². The van der Waals surface area contributed by atoms with Crippen LogP contribution < -0.4 is 5.56 Å². The number of aldehydes is 1. The number of nitrogens with zero attached hydrogens (tertiary/aromatic N) is 2. The third-order valence-electron chi connectivity index (χ3n) is 4.58. The number of fused-ring (bicyclic) bond motifs is 1. The van der Waals surface area contributed by atoms with Gasteiger partial charge in [0.2, 0.25) is 0 Å². The molecule has 3 heterocycles. The second-order valence-electron chi connectivity index (χ2n) is 6.02. The predicted octanol–water partition coefficient (Wildman–Crippen LogP) is 3.14. The van der Waals surface area contributed by atoms with E-state index in [4.69, 9.17) is 4.42 Å². The Morgan fingerprint density at radius 3 is 2.83 bits per heavy atom. The molecule has 1 aliphatic rings. The Hall–Kier alpha value is -2.63. The van der Waals surface area contributed by atoms with Crippen molar-refractivity contribution in [1.82, 2.24) is 14.6 Å². The number of carbonyl (C=O) groups is 1. The van der Waals surface area contributed by atoms with E-state index in [1.54, 1.807) is 18.4 Å². The highest BCUT2D eigenvalue weighted by Gasteiger charge is 2.25. The van der Waals surface area contributed by atoms with Crippen LogP contribution >= 0.6 is 0 Å². The van der Waals surface area contributed by atoms with Gasteiger partial charge < -0.3 is 9.40 Å². The molecule has 6 heteroatoms. The van der Waals surface area contributed by atoms with Crippen LogP contribution in [-0.2, 0) is 0 Å². The summed E-state index contributed by atoms with van der Waals surface area (Å²) in [7, 11) is 0. The number of hydrogen-bond donors (Lipinski definition) is 1. The zero-order valence-corrected chi connectivity index (χ0v) is 12.6. The molecule has 0 radical (unpaired) electrons. The summed E-state index contributed by atoms with van der Waals surface area (Å²) in [4.78, 5) is 27.2. The lowest BCUT2D eigenvalue weighted by atomic mass is 9.83. The SMILES string of the molecule is O=Cc1cc2[nH]c(-c3ccco3)c(C3CCCCC3)c(=O)n2n1. The molecule has 0 aromatic carbocycles. The smallest absolute Gasteiger partial charge is 0.278 e. The normalized spacial score (nSPS) is 16.0. The first-order chi connectivity index (χ1) is 11.3. The highest BCUT2D eigenvalue weighted by Crippen LogP contribution is 2.35. The first-order valence-electron chi connectivity index (χ1n) is 7.93. The summed E-state index contributed by atoms with van der Waals surface area (Å²) in [6.07, 6.45) is 7.68. The van der Waals surface area contributed by atoms with Crippen LogP contribution in [0.3, 0.4) is 0 Å². The summed E-state index contributed by atoms with van der Waals surface area (Å²) in [6, 6.07) is 5.21. The summed E-state index contributed by atoms with van der Waals surface area (Å²) in [5.74, 6) is 0.833. The molecule has 23 heavy (non-hydrogen) atoms. The Kier molecular flexibility index (Phi) is 3.37. The lowest BCUT2D eigenvalue weighted by Gasteiger charge is -2.23. The molecule has 0 atom stereocenters. The summed E-state index contributed by atoms with van der Waals surface area (Å²) in [5, 5.41) is 4.08. The average molecular weight is 311 g/mol. The Morgan fingerprint density at radius 1 is 1.30 bits per heavy atom. The third kappa shape index (κ3) is 2.30. The molecule has 3 aromatic rings. The molecule has 118 valence electrons. The van der Waals surface area contributed by atoms with E-state index in [2.05, 4.69) is 10.1 Å². The molecule has 0 unspecified atom stereocenters. The minimum atomic E-state index is -0.162. The molecular formula is C17H17N3O3. The minimum absolute atomic E-state index is 0.162. The van der Waals surface area contributed by atoms with Gasteiger partial charge in [-0.2, -0.15) is 9.61 Å². The summed E-state index contributed by atoms with van der Waals surface area (Å²) >= 11 is 0. The Balaban J connectivity index is 1.99. The van der Waals surface area contributed by atoms with Crippen molar-refractivity contribution in [2.45, 2.75) is 38.0 Å². The lowest BCUT2D eigenvalue weighted by molar-refractivity contribution is 0.111. The van der Waals surface area contributed by atoms with Gasteiger partial charge in [-0.25, -0.2) is 0 Å². The second-order valence-corrected chi connectivity index (χ2v) is 6.02. The fourth-order valence-corrected chi connectivity index (χ4v) is 3.50. The first-order valence-corrected chi connectivity index (χ1v) is 7.93. The van der Waals surface area contributed by atoms with E-state index in [-0.39, 0.29) is 17.2 Å². The predicted molar refractivity (Wildman–Crippen MR) is 84.7 cm³/mol. The van der Waals surface area contributed by atoms with Gasteiger partial charge in [0.05, 0.1) is 12.0 Å². The van der Waals surface area contributed by atoms with Gasteiger partial charge in [0, 0.05) is 11.6 Å². The molecule has 1 fully saturated rings. The molecule has 0 aliphatic heterocycles. The van der Waals surface area contributed by atoms with E-state index < -0.39 is 0 Å². The van der Waals surface area contributed by atoms with Crippen molar-refractivity contribution in [2.24, 2.45) is 0 Å². The molecule has 4 rings (SSSR count). The fraction of sp³-hybridized carbons (Fsp3) is 0.353. The van der Waals surface area contributed by atoms with Crippen LogP contribution in [0.1, 0.15) is 54.1 Å². The Labute approximate surface area is 132 Å². The van der Waals surface area contributed by atoms with Crippen molar-refractivity contribution >= 4 is 11.9 Å². The molecule has 0 bridgehead atoms. The zero-order valence-electron chi connectivity index (χ0n) is 12.6. The van der Waals surface area contributed by atoms with Crippen LogP contribution in [0, 0.1) is 0 Å². The zero-order chi connectivity index (χ0) is 15.8. The largest absolute Gasteiger partial charge is 0.463 e. The lowest BCUT2D eigenvalue weighted by Crippen LogP contribution is -2.25. The summed E-state index contributed by atoms with van der Waals surface area (Å²) in [5.41, 5.74) is 2.00. The highest BCUT2D eigenvalue weighted by atomic mass is 16.3. The molecule has 6 nitrogen and oxygen atoms in total. The standard InChI is InChI=1S/C17H17N3O3/c21-10-12-9-14-18-16(13-7-4-8-23-13)15(17(22)20(14)19-12)11-5-2-1-3-6-11/h4,7-11,18H,1-3,5-6H2. The fourth-order valence-electron chi connectivity index (χ4n) is 3.50. The molecule has 0 amide bonds. The minimum Gasteiger partial charge on any atom is -0.463 e. The number of hydrogen-bond acceptors (Lipinski definition) is 4. The van der Waals surface area contributed by atoms with Gasteiger partial charge >= 0.3 is 0 Å². The van der Waals surface area contributed by atoms with E-state index in [0.717, 1.165) is 25.7 Å². The molecular weight excluding hydrogens is 294 g/mol. The number of aromatic amines is 1. The average Bonchev–Trinajstić information content (AvgIpc) is 3.25. The van der Waals surface area contributed by atoms with Gasteiger partial charge in [-0.3, -0.25) is 9.59 Å². The van der Waals surface area contributed by atoms with Crippen molar-refractivity contribution in [2.75, 3.05) is 0 Å². The molecule has 1 N–H and O–H groups in total. The van der Waals surface area contributed by atoms with Crippen LogP contribution in [0.5, 0.6) is 0 Å². The first kappa shape index (κ1) is 14.0. The molecule has 1 saturated carbocycles. The molecule has 3 aromatic heterocycles. The van der Waals surface area contributed by atoms with Crippen molar-refractivity contribution in [1.29, 1.82) is 0 Å². The van der Waals surface area contributed by atoms with E-state index in [0.29, 0.717) is 29.0 Å². The topological polar surface area (TPSA) is 80.4 Å². The molecule has 0 spiro atoms. The van der Waals surface area contributed by atoms with Gasteiger partial charge in [-0.1, -0.05) is 19.3 Å². The van der Waals surface area contributed by atoms with Gasteiger partial charge in [0.25, 0.3) is 5.56 Å². The van der Waals surface area contributed by atoms with Crippen molar-refractivity contribution in [3.8, 4) is 11.5 Å². The Morgan fingerprint density at radius 2 is 2.13 bits per heavy atom. The van der Waals surface area contributed by atoms with Crippen LogP contribution in [0.4, 0.5) is 0 Å². The van der Waals surface area contributed by atoms with Crippen LogP contribution in [-0.4, -0.2) is 20.9 Å². The van der Waals surface area contributed by atoms with Crippen molar-refractivity contribution < 1.29 is 9.21 Å². The number of aromatic nitrogens is 3. The van der Waals surface area contributed by atoms with Gasteiger partial charge in [0.1, 0.15) is 11.3 Å². The molecule has 0 saturated heterocycles. The second kappa shape index (κ2) is 5.53. The maximum absolute atomic E-state index is 13.0. The quantitative estimate of drug-likeness (QED) is 0.753. The summed E-state index contributed by atoms with van der Waals surface area (Å²) in [6.45, 7) is 0. The maximum atomic E-state index is 13.0. The van der Waals surface area contributed by atoms with Crippen LogP contribution in [0.15, 0.2) is 33.7 Å².